The first-order valence-electron chi connectivity index (χ1n) is 3.89. The van der Waals surface area contributed by atoms with Crippen LogP contribution in [0.2, 0.25) is 0 Å². The van der Waals surface area contributed by atoms with Crippen LogP contribution in [0, 0.1) is 5.82 Å². The van der Waals surface area contributed by atoms with E-state index in [1.54, 1.807) is 0 Å². The molecule has 4 heteroatoms. The van der Waals surface area contributed by atoms with Crippen molar-refractivity contribution in [3.05, 3.63) is 22.6 Å². The van der Waals surface area contributed by atoms with Gasteiger partial charge in [0.05, 0.1) is 4.47 Å². The van der Waals surface area contributed by atoms with Crippen LogP contribution in [-0.2, 0) is 0 Å². The van der Waals surface area contributed by atoms with Gasteiger partial charge in [-0.3, -0.25) is 0 Å². The molecule has 0 unspecified atom stereocenters. The van der Waals surface area contributed by atoms with Gasteiger partial charge in [0.15, 0.2) is 5.82 Å². The average molecular weight is 248 g/mol. The van der Waals surface area contributed by atoms with Gasteiger partial charge in [0.25, 0.3) is 5.88 Å². The molecule has 0 aromatic carbocycles. The van der Waals surface area contributed by atoms with Gasteiger partial charge in [0.1, 0.15) is 5.60 Å². The van der Waals surface area contributed by atoms with Crippen LogP contribution in [0.25, 0.3) is 0 Å². The Morgan fingerprint density at radius 3 is 2.62 bits per heavy atom. The Labute approximate surface area is 85.3 Å². The van der Waals surface area contributed by atoms with Crippen molar-refractivity contribution in [2.24, 2.45) is 0 Å². The van der Waals surface area contributed by atoms with Crippen LogP contribution in [0.5, 0.6) is 5.88 Å². The zero-order valence-corrected chi connectivity index (χ0v) is 9.35. The highest BCUT2D eigenvalue weighted by atomic mass is 79.9. The lowest BCUT2D eigenvalue weighted by Crippen LogP contribution is -2.24. The van der Waals surface area contributed by atoms with Crippen LogP contribution in [0.3, 0.4) is 0 Å². The van der Waals surface area contributed by atoms with E-state index in [1.165, 1.54) is 12.3 Å². The first-order valence-corrected chi connectivity index (χ1v) is 4.68. The topological polar surface area (TPSA) is 22.1 Å². The molecule has 0 saturated carbocycles. The molecule has 0 atom stereocenters. The summed E-state index contributed by atoms with van der Waals surface area (Å²) < 4.78 is 19.0. The van der Waals surface area contributed by atoms with Crippen molar-refractivity contribution >= 4 is 15.9 Å². The molecule has 0 bridgehead atoms. The van der Waals surface area contributed by atoms with E-state index in [0.29, 0.717) is 4.47 Å². The summed E-state index contributed by atoms with van der Waals surface area (Å²) >= 11 is 3.06. The van der Waals surface area contributed by atoms with Crippen molar-refractivity contribution in [1.82, 2.24) is 4.98 Å². The largest absolute Gasteiger partial charge is 0.470 e. The van der Waals surface area contributed by atoms with Gasteiger partial charge in [-0.25, -0.2) is 4.98 Å². The van der Waals surface area contributed by atoms with E-state index >= 15 is 0 Å². The highest BCUT2D eigenvalue weighted by molar-refractivity contribution is 9.10. The van der Waals surface area contributed by atoms with E-state index in [-0.39, 0.29) is 5.88 Å². The van der Waals surface area contributed by atoms with E-state index in [1.807, 2.05) is 20.8 Å². The zero-order chi connectivity index (χ0) is 10.1. The van der Waals surface area contributed by atoms with Crippen molar-refractivity contribution in [3.8, 4) is 5.88 Å². The fraction of sp³-hybridized carbons (Fsp3) is 0.444. The van der Waals surface area contributed by atoms with Crippen LogP contribution in [-0.4, -0.2) is 10.6 Å². The number of pyridine rings is 1. The molecule has 0 fully saturated rings. The molecule has 0 aliphatic rings. The monoisotopic (exact) mass is 247 g/mol. The summed E-state index contributed by atoms with van der Waals surface area (Å²) in [5.41, 5.74) is -0.436. The van der Waals surface area contributed by atoms with Gasteiger partial charge in [-0.05, 0) is 42.8 Å². The fourth-order valence-corrected chi connectivity index (χ4v) is 1.05. The van der Waals surface area contributed by atoms with E-state index in [0.717, 1.165) is 0 Å². The van der Waals surface area contributed by atoms with Gasteiger partial charge in [0.2, 0.25) is 0 Å². The second-order valence-corrected chi connectivity index (χ2v) is 4.48. The SMILES string of the molecule is CC(C)(C)Oc1nccc(Br)c1F. The van der Waals surface area contributed by atoms with Crippen LogP contribution in [0.4, 0.5) is 4.39 Å². The van der Waals surface area contributed by atoms with Gasteiger partial charge in [-0.1, -0.05) is 0 Å². The van der Waals surface area contributed by atoms with Gasteiger partial charge in [-0.15, -0.1) is 0 Å². The minimum absolute atomic E-state index is 0.0295. The molecule has 1 heterocycles. The quantitative estimate of drug-likeness (QED) is 0.761. The zero-order valence-electron chi connectivity index (χ0n) is 7.77. The van der Waals surface area contributed by atoms with Crippen LogP contribution < -0.4 is 4.74 Å². The molecule has 0 aliphatic carbocycles. The second-order valence-electron chi connectivity index (χ2n) is 3.63. The van der Waals surface area contributed by atoms with Gasteiger partial charge in [-0.2, -0.15) is 4.39 Å². The van der Waals surface area contributed by atoms with E-state index < -0.39 is 11.4 Å². The molecular weight excluding hydrogens is 237 g/mol. The summed E-state index contributed by atoms with van der Waals surface area (Å²) in [5.74, 6) is -0.431. The summed E-state index contributed by atoms with van der Waals surface area (Å²) in [5, 5.41) is 0. The van der Waals surface area contributed by atoms with E-state index in [4.69, 9.17) is 4.74 Å². The van der Waals surface area contributed by atoms with Crippen molar-refractivity contribution in [2.45, 2.75) is 26.4 Å². The molecule has 0 amide bonds. The third kappa shape index (κ3) is 2.95. The smallest absolute Gasteiger partial charge is 0.252 e. The highest BCUT2D eigenvalue weighted by Crippen LogP contribution is 2.24. The maximum atomic E-state index is 13.3. The number of ether oxygens (including phenoxy) is 1. The number of rotatable bonds is 1. The summed E-state index contributed by atoms with van der Waals surface area (Å²) in [6.45, 7) is 5.53. The molecule has 1 aromatic rings. The van der Waals surface area contributed by atoms with E-state index in [9.17, 15) is 4.39 Å². The van der Waals surface area contributed by atoms with E-state index in [2.05, 4.69) is 20.9 Å². The molecule has 1 rings (SSSR count). The number of hydrogen-bond donors (Lipinski definition) is 0. The maximum Gasteiger partial charge on any atom is 0.252 e. The summed E-state index contributed by atoms with van der Waals surface area (Å²) in [7, 11) is 0. The van der Waals surface area contributed by atoms with Crippen molar-refractivity contribution < 1.29 is 9.13 Å². The normalized spacial score (nSPS) is 11.5. The molecule has 0 saturated heterocycles. The Hall–Kier alpha value is -0.640. The summed E-state index contributed by atoms with van der Waals surface area (Å²) in [6.07, 6.45) is 1.49. The summed E-state index contributed by atoms with van der Waals surface area (Å²) in [6, 6.07) is 1.53. The highest BCUT2D eigenvalue weighted by Gasteiger charge is 2.17. The second kappa shape index (κ2) is 3.62. The lowest BCUT2D eigenvalue weighted by Gasteiger charge is -2.20. The Bertz CT molecular complexity index is 309. The Morgan fingerprint density at radius 1 is 1.46 bits per heavy atom. The number of halogens is 2. The summed E-state index contributed by atoms with van der Waals surface area (Å²) in [4.78, 5) is 3.80. The minimum Gasteiger partial charge on any atom is -0.470 e. The molecule has 0 N–H and O–H groups in total. The lowest BCUT2D eigenvalue weighted by atomic mass is 10.2. The van der Waals surface area contributed by atoms with Crippen LogP contribution in [0.15, 0.2) is 16.7 Å². The minimum atomic E-state index is -0.461. The predicted molar refractivity (Wildman–Crippen MR) is 52.3 cm³/mol. The van der Waals surface area contributed by atoms with Gasteiger partial charge in [0, 0.05) is 6.20 Å². The molecule has 0 radical (unpaired) electrons. The average Bonchev–Trinajstić information content (AvgIpc) is 1.96. The molecular formula is C9H11BrFNO. The predicted octanol–water partition coefficient (Wildman–Crippen LogP) is 3.16. The Balaban J connectivity index is 2.96. The third-order valence-electron chi connectivity index (χ3n) is 1.21. The Kier molecular flexibility index (Phi) is 2.91. The van der Waals surface area contributed by atoms with Crippen LogP contribution >= 0.6 is 15.9 Å². The maximum absolute atomic E-state index is 13.3. The number of hydrogen-bond acceptors (Lipinski definition) is 2. The van der Waals surface area contributed by atoms with Gasteiger partial charge < -0.3 is 4.74 Å². The van der Waals surface area contributed by atoms with Gasteiger partial charge >= 0.3 is 0 Å². The molecule has 0 aliphatic heterocycles. The Morgan fingerprint density at radius 2 is 2.08 bits per heavy atom. The van der Waals surface area contributed by atoms with Crippen molar-refractivity contribution in [1.29, 1.82) is 0 Å². The lowest BCUT2D eigenvalue weighted by molar-refractivity contribution is 0.117. The standard InChI is InChI=1S/C9H11BrFNO/c1-9(2,3)13-8-7(11)6(10)4-5-12-8/h4-5H,1-3H3. The molecule has 2 nitrogen and oxygen atoms in total. The fourth-order valence-electron chi connectivity index (χ4n) is 0.764. The number of nitrogens with zero attached hydrogens (tertiary/aromatic N) is 1. The third-order valence-corrected chi connectivity index (χ3v) is 1.83. The number of aromatic nitrogens is 1. The molecule has 13 heavy (non-hydrogen) atoms. The molecule has 72 valence electrons. The molecule has 0 spiro atoms. The molecule has 1 aromatic heterocycles. The van der Waals surface area contributed by atoms with Crippen molar-refractivity contribution in [2.75, 3.05) is 0 Å². The van der Waals surface area contributed by atoms with Crippen molar-refractivity contribution in [3.63, 3.8) is 0 Å². The first-order chi connectivity index (χ1) is 5.90. The first kappa shape index (κ1) is 10.4. The van der Waals surface area contributed by atoms with Crippen LogP contribution in [0.1, 0.15) is 20.8 Å².